The maximum absolute atomic E-state index is 14.5. The Balaban J connectivity index is 2.09. The molecule has 28 heavy (non-hydrogen) atoms. The zero-order valence-corrected chi connectivity index (χ0v) is 14.8. The minimum absolute atomic E-state index is 0.0106. The zero-order valence-electron chi connectivity index (χ0n) is 14.8. The lowest BCUT2D eigenvalue weighted by atomic mass is 10.1. The van der Waals surface area contributed by atoms with Crippen molar-refractivity contribution < 1.29 is 37.3 Å². The lowest BCUT2D eigenvalue weighted by Crippen LogP contribution is -2.45. The van der Waals surface area contributed by atoms with Crippen LogP contribution in [0.1, 0.15) is 12.5 Å². The molecule has 1 unspecified atom stereocenters. The molecule has 0 aromatic heterocycles. The summed E-state index contributed by atoms with van der Waals surface area (Å²) in [7, 11) is 0. The molecule has 2 aromatic rings. The monoisotopic (exact) mass is 397 g/mol. The molecule has 1 atom stereocenters. The molecule has 0 fully saturated rings. The van der Waals surface area contributed by atoms with Gasteiger partial charge in [-0.25, -0.2) is 9.18 Å². The summed E-state index contributed by atoms with van der Waals surface area (Å²) in [5.74, 6) is -7.83. The van der Waals surface area contributed by atoms with Crippen molar-refractivity contribution in [3.63, 3.8) is 0 Å². The second kappa shape index (κ2) is 9.12. The molecule has 0 heterocycles. The molecule has 0 radical (unpaired) electrons. The minimum atomic E-state index is -3.95. The lowest BCUT2D eigenvalue weighted by molar-refractivity contribution is -0.149. The highest BCUT2D eigenvalue weighted by molar-refractivity contribution is 5.86. The summed E-state index contributed by atoms with van der Waals surface area (Å²) < 4.78 is 52.2. The van der Waals surface area contributed by atoms with Crippen LogP contribution in [0.15, 0.2) is 48.5 Å². The van der Waals surface area contributed by atoms with Crippen molar-refractivity contribution in [3.8, 4) is 11.5 Å². The topological polar surface area (TPSA) is 84.9 Å². The van der Waals surface area contributed by atoms with Crippen LogP contribution < -0.4 is 14.8 Å². The fourth-order valence-corrected chi connectivity index (χ4v) is 2.28. The Morgan fingerprint density at radius 1 is 1.14 bits per heavy atom. The number of halogens is 3. The number of hydrogen-bond donors (Lipinski definition) is 2. The van der Waals surface area contributed by atoms with Crippen molar-refractivity contribution in [2.45, 2.75) is 19.0 Å². The van der Waals surface area contributed by atoms with Crippen molar-refractivity contribution in [1.82, 2.24) is 5.32 Å². The summed E-state index contributed by atoms with van der Waals surface area (Å²) in [6, 6.07) is 9.62. The number of rotatable bonds is 9. The van der Waals surface area contributed by atoms with E-state index < -0.39 is 41.8 Å². The summed E-state index contributed by atoms with van der Waals surface area (Å²) >= 11 is 0. The molecule has 0 aliphatic heterocycles. The number of para-hydroxylation sites is 1. The Labute approximate surface area is 158 Å². The molecule has 0 saturated heterocycles. The smallest absolute Gasteiger partial charge is 0.353 e. The van der Waals surface area contributed by atoms with Gasteiger partial charge in [0.05, 0.1) is 18.7 Å². The predicted octanol–water partition coefficient (Wildman–Crippen LogP) is 2.96. The molecule has 1 amide bonds. The Hall–Kier alpha value is -3.23. The number of amides is 1. The van der Waals surface area contributed by atoms with E-state index in [2.05, 4.69) is 0 Å². The third-order valence-corrected chi connectivity index (χ3v) is 3.63. The highest BCUT2D eigenvalue weighted by atomic mass is 19.3. The standard InChI is InChI=1S/C19H18F3NO5/c1-2-27-15-6-4-3-5-14(15)19(21,22)18(26)23-11-16(17(24)25)28-13-9-7-12(20)8-10-13/h3-10,16H,2,11H2,1H3,(H,23,26)(H,24,25). The summed E-state index contributed by atoms with van der Waals surface area (Å²) in [4.78, 5) is 23.3. The van der Waals surface area contributed by atoms with Crippen LogP contribution in [0.5, 0.6) is 11.5 Å². The maximum Gasteiger partial charge on any atom is 0.353 e. The molecule has 6 nitrogen and oxygen atoms in total. The Kier molecular flexibility index (Phi) is 6.86. The number of aliphatic carboxylic acids is 1. The van der Waals surface area contributed by atoms with E-state index in [0.29, 0.717) is 0 Å². The number of carboxylic acids is 1. The van der Waals surface area contributed by atoms with Crippen molar-refractivity contribution in [1.29, 1.82) is 0 Å². The fraction of sp³-hybridized carbons (Fsp3) is 0.263. The summed E-state index contributed by atoms with van der Waals surface area (Å²) in [5.41, 5.74) is -0.638. The van der Waals surface area contributed by atoms with Gasteiger partial charge in [-0.2, -0.15) is 8.78 Å². The molecular formula is C19H18F3NO5. The Morgan fingerprint density at radius 3 is 2.39 bits per heavy atom. The number of carbonyl (C=O) groups is 2. The minimum Gasteiger partial charge on any atom is -0.493 e. The first kappa shape index (κ1) is 21.1. The second-order valence-corrected chi connectivity index (χ2v) is 5.61. The molecule has 0 aliphatic carbocycles. The van der Waals surface area contributed by atoms with Crippen molar-refractivity contribution in [2.75, 3.05) is 13.2 Å². The van der Waals surface area contributed by atoms with Crippen LogP contribution in [0.4, 0.5) is 13.2 Å². The maximum atomic E-state index is 14.5. The zero-order chi connectivity index (χ0) is 20.7. The van der Waals surface area contributed by atoms with Gasteiger partial charge in [-0.1, -0.05) is 12.1 Å². The highest BCUT2D eigenvalue weighted by Crippen LogP contribution is 2.35. The predicted molar refractivity (Wildman–Crippen MR) is 93.0 cm³/mol. The van der Waals surface area contributed by atoms with E-state index in [0.717, 1.165) is 18.2 Å². The number of hydrogen-bond acceptors (Lipinski definition) is 4. The first-order valence-electron chi connectivity index (χ1n) is 8.29. The SMILES string of the molecule is CCOc1ccccc1C(F)(F)C(=O)NCC(Oc1ccc(F)cc1)C(=O)O. The van der Waals surface area contributed by atoms with Gasteiger partial charge in [-0.05, 0) is 43.3 Å². The van der Waals surface area contributed by atoms with Crippen molar-refractivity contribution >= 4 is 11.9 Å². The van der Waals surface area contributed by atoms with E-state index in [4.69, 9.17) is 9.47 Å². The fourth-order valence-electron chi connectivity index (χ4n) is 2.28. The van der Waals surface area contributed by atoms with Gasteiger partial charge in [0.2, 0.25) is 6.10 Å². The van der Waals surface area contributed by atoms with E-state index in [1.165, 1.54) is 30.3 Å². The molecule has 9 heteroatoms. The summed E-state index contributed by atoms with van der Waals surface area (Å²) in [6.45, 7) is 1.01. The van der Waals surface area contributed by atoms with Gasteiger partial charge < -0.3 is 19.9 Å². The third kappa shape index (κ3) is 5.15. The van der Waals surface area contributed by atoms with Crippen molar-refractivity contribution in [3.05, 3.63) is 59.9 Å². The molecule has 2 rings (SSSR count). The number of ether oxygens (including phenoxy) is 2. The number of carbonyl (C=O) groups excluding carboxylic acids is 1. The van der Waals surface area contributed by atoms with Gasteiger partial charge in [0, 0.05) is 0 Å². The van der Waals surface area contributed by atoms with E-state index >= 15 is 0 Å². The normalized spacial score (nSPS) is 12.1. The van der Waals surface area contributed by atoms with Crippen LogP contribution in [-0.2, 0) is 15.5 Å². The van der Waals surface area contributed by atoms with Gasteiger partial charge in [-0.15, -0.1) is 0 Å². The number of nitrogens with one attached hydrogen (secondary N) is 1. The Morgan fingerprint density at radius 2 is 1.79 bits per heavy atom. The van der Waals surface area contributed by atoms with Gasteiger partial charge >= 0.3 is 11.9 Å². The van der Waals surface area contributed by atoms with Crippen LogP contribution >= 0.6 is 0 Å². The van der Waals surface area contributed by atoms with Crippen LogP contribution in [0, 0.1) is 5.82 Å². The molecule has 0 aliphatic rings. The van der Waals surface area contributed by atoms with E-state index in [-0.39, 0.29) is 18.1 Å². The number of carboxylic acid groups (broad SMARTS) is 1. The van der Waals surface area contributed by atoms with Crippen LogP contribution in [0.25, 0.3) is 0 Å². The van der Waals surface area contributed by atoms with Crippen LogP contribution in [-0.4, -0.2) is 36.2 Å². The van der Waals surface area contributed by atoms with E-state index in [1.54, 1.807) is 6.92 Å². The van der Waals surface area contributed by atoms with E-state index in [9.17, 15) is 27.9 Å². The molecule has 2 aromatic carbocycles. The molecular weight excluding hydrogens is 379 g/mol. The average Bonchev–Trinajstić information content (AvgIpc) is 2.66. The quantitative estimate of drug-likeness (QED) is 0.680. The highest BCUT2D eigenvalue weighted by Gasteiger charge is 2.43. The number of benzene rings is 2. The first-order valence-corrected chi connectivity index (χ1v) is 8.29. The molecule has 0 saturated carbocycles. The second-order valence-electron chi connectivity index (χ2n) is 5.61. The third-order valence-electron chi connectivity index (χ3n) is 3.63. The molecule has 150 valence electrons. The summed E-state index contributed by atoms with van der Waals surface area (Å²) in [6.07, 6.45) is -1.65. The van der Waals surface area contributed by atoms with Crippen LogP contribution in [0.2, 0.25) is 0 Å². The van der Waals surface area contributed by atoms with Gasteiger partial charge in [0.1, 0.15) is 17.3 Å². The molecule has 0 spiro atoms. The molecule has 0 bridgehead atoms. The molecule has 2 N–H and O–H groups in total. The van der Waals surface area contributed by atoms with Gasteiger partial charge in [0.25, 0.3) is 5.91 Å². The van der Waals surface area contributed by atoms with Gasteiger partial charge in [-0.3, -0.25) is 4.79 Å². The van der Waals surface area contributed by atoms with E-state index in [1.807, 2.05) is 5.32 Å². The summed E-state index contributed by atoms with van der Waals surface area (Å²) in [5, 5.41) is 11.1. The van der Waals surface area contributed by atoms with Crippen LogP contribution in [0.3, 0.4) is 0 Å². The largest absolute Gasteiger partial charge is 0.493 e. The average molecular weight is 397 g/mol. The van der Waals surface area contributed by atoms with Gasteiger partial charge in [0.15, 0.2) is 0 Å². The van der Waals surface area contributed by atoms with Crippen molar-refractivity contribution in [2.24, 2.45) is 0 Å². The number of alkyl halides is 2. The first-order chi connectivity index (χ1) is 13.3. The Bertz CT molecular complexity index is 827. The lowest BCUT2D eigenvalue weighted by Gasteiger charge is -2.21.